The van der Waals surface area contributed by atoms with Gasteiger partial charge in [-0.1, -0.05) is 0 Å². The van der Waals surface area contributed by atoms with Gasteiger partial charge in [0.2, 0.25) is 0 Å². The third kappa shape index (κ3) is 10.2. The van der Waals surface area contributed by atoms with E-state index in [2.05, 4.69) is 57.5 Å². The molecule has 0 aromatic rings. The van der Waals surface area contributed by atoms with Crippen LogP contribution in [0.15, 0.2) is 21.6 Å². The summed E-state index contributed by atoms with van der Waals surface area (Å²) in [4.78, 5) is 0. The maximum absolute atomic E-state index is 4.94. The molecule has 0 spiro atoms. The molecule has 1 fully saturated rings. The topological polar surface area (TPSA) is 9.23 Å². The van der Waals surface area contributed by atoms with Gasteiger partial charge in [0.25, 0.3) is 0 Å². The normalized spacial score (nSPS) is 18.3. The summed E-state index contributed by atoms with van der Waals surface area (Å²) in [7, 11) is -1.70. The molecule has 0 aromatic carbocycles. The van der Waals surface area contributed by atoms with E-state index in [-0.39, 0.29) is 0 Å². The third-order valence-corrected chi connectivity index (χ3v) is 25.7. The van der Waals surface area contributed by atoms with Gasteiger partial charge in [-0.3, -0.25) is 0 Å². The second-order valence-corrected chi connectivity index (χ2v) is 27.1. The van der Waals surface area contributed by atoms with Crippen LogP contribution in [0, 0.1) is 0 Å². The van der Waals surface area contributed by atoms with Gasteiger partial charge in [0.15, 0.2) is 0 Å². The van der Waals surface area contributed by atoms with E-state index in [1.165, 1.54) is 19.3 Å². The first-order chi connectivity index (χ1) is 9.67. The van der Waals surface area contributed by atoms with E-state index in [9.17, 15) is 0 Å². The van der Waals surface area contributed by atoms with Crippen molar-refractivity contribution in [3.8, 4) is 0 Å². The van der Waals surface area contributed by atoms with Gasteiger partial charge in [0, 0.05) is 13.2 Å². The van der Waals surface area contributed by atoms with Crippen molar-refractivity contribution in [2.45, 2.75) is 66.1 Å². The Morgan fingerprint density at radius 1 is 0.952 bits per heavy atom. The minimum atomic E-state index is -1.14. The molecule has 0 amide bonds. The second kappa shape index (κ2) is 9.14. The Labute approximate surface area is 142 Å². The van der Waals surface area contributed by atoms with Crippen molar-refractivity contribution in [1.82, 2.24) is 0 Å². The number of ether oxygens (including phenoxy) is 1. The Morgan fingerprint density at radius 2 is 1.48 bits per heavy atom. The van der Waals surface area contributed by atoms with Crippen molar-refractivity contribution in [3.05, 3.63) is 21.6 Å². The summed E-state index contributed by atoms with van der Waals surface area (Å²) in [6, 6.07) is 0. The van der Waals surface area contributed by atoms with Crippen molar-refractivity contribution in [2.75, 3.05) is 13.2 Å². The first-order valence-electron chi connectivity index (χ1n) is 8.61. The van der Waals surface area contributed by atoms with Crippen molar-refractivity contribution in [2.24, 2.45) is 0 Å². The number of rotatable bonds is 5. The fourth-order valence-electron chi connectivity index (χ4n) is 3.09. The van der Waals surface area contributed by atoms with Crippen LogP contribution in [-0.2, 0) is 26.2 Å². The van der Waals surface area contributed by atoms with Gasteiger partial charge in [-0.2, -0.15) is 0 Å². The molecule has 0 radical (unpaired) electrons. The molecule has 4 heteroatoms. The molecular formula is C17H35OScSi2. The molecular weight excluding hydrogens is 321 g/mol. The fraction of sp³-hybridized carbons (Fsp3) is 0.765. The van der Waals surface area contributed by atoms with Crippen LogP contribution in [0.1, 0.15) is 19.3 Å². The Bertz CT molecular complexity index is 336. The predicted molar refractivity (Wildman–Crippen MR) is 98.2 cm³/mol. The predicted octanol–water partition coefficient (Wildman–Crippen LogP) is 5.84. The van der Waals surface area contributed by atoms with E-state index in [1.54, 1.807) is 7.60 Å². The number of hydrogen-bond donors (Lipinski definition) is 0. The van der Waals surface area contributed by atoms with Gasteiger partial charge in [-0.15, -0.1) is 0 Å². The molecule has 1 heterocycles. The van der Waals surface area contributed by atoms with Crippen LogP contribution in [0.25, 0.3) is 0 Å². The van der Waals surface area contributed by atoms with Crippen molar-refractivity contribution < 1.29 is 26.2 Å². The Balaban J connectivity index is 0.000000369. The first-order valence-corrected chi connectivity index (χ1v) is 19.5. The van der Waals surface area contributed by atoms with E-state index >= 15 is 0 Å². The maximum atomic E-state index is 4.94. The molecule has 0 N–H and O–H groups in total. The monoisotopic (exact) mass is 356 g/mol. The molecule has 21 heavy (non-hydrogen) atoms. The average molecular weight is 357 g/mol. The Morgan fingerprint density at radius 3 is 1.76 bits per heavy atom. The molecule has 2 aliphatic rings. The molecule has 2 rings (SSSR count). The average Bonchev–Trinajstić information content (AvgIpc) is 3.02. The molecule has 0 atom stereocenters. The summed E-state index contributed by atoms with van der Waals surface area (Å²) in [5.74, 6) is 0. The standard InChI is InChI=1S/C5H5.C4H8O.2C4H11Si.Sc/c2*1-2-4-5-3-1;2*1-5(2,3)4;/h1-3H,4H2;1-4H2;2*1H2,2-4H3;. The summed E-state index contributed by atoms with van der Waals surface area (Å²) >= 11 is -1.14. The van der Waals surface area contributed by atoms with Crippen molar-refractivity contribution >= 4 is 16.1 Å². The van der Waals surface area contributed by atoms with E-state index in [0.29, 0.717) is 0 Å². The molecule has 1 saturated heterocycles. The summed E-state index contributed by atoms with van der Waals surface area (Å²) in [6.07, 6.45) is 11.0. The number of hydrogen-bond acceptors (Lipinski definition) is 1. The zero-order valence-corrected chi connectivity index (χ0v) is 19.0. The van der Waals surface area contributed by atoms with E-state index in [4.69, 9.17) is 4.74 Å². The van der Waals surface area contributed by atoms with Crippen LogP contribution in [0.4, 0.5) is 0 Å². The molecule has 0 bridgehead atoms. The molecule has 1 aliphatic carbocycles. The van der Waals surface area contributed by atoms with Gasteiger partial charge < -0.3 is 4.74 Å². The van der Waals surface area contributed by atoms with Crippen molar-refractivity contribution in [3.63, 3.8) is 0 Å². The first kappa shape index (κ1) is 19.8. The van der Waals surface area contributed by atoms with Gasteiger partial charge in [0.1, 0.15) is 0 Å². The summed E-state index contributed by atoms with van der Waals surface area (Å²) in [6.45, 7) is 17.3. The molecule has 0 saturated carbocycles. The van der Waals surface area contributed by atoms with Crippen LogP contribution in [0.3, 0.4) is 0 Å². The van der Waals surface area contributed by atoms with Crippen LogP contribution in [-0.4, -0.2) is 29.4 Å². The van der Waals surface area contributed by atoms with E-state index in [0.717, 1.165) is 13.2 Å². The van der Waals surface area contributed by atoms with Crippen LogP contribution < -0.4 is 0 Å². The van der Waals surface area contributed by atoms with Gasteiger partial charge in [0.05, 0.1) is 0 Å². The van der Waals surface area contributed by atoms with Crippen molar-refractivity contribution in [1.29, 1.82) is 0 Å². The summed E-state index contributed by atoms with van der Waals surface area (Å²) in [5, 5.41) is 0. The Hall–Kier alpha value is 0.744. The summed E-state index contributed by atoms with van der Waals surface area (Å²) < 4.78 is 10.2. The minimum absolute atomic E-state index is 0.851. The van der Waals surface area contributed by atoms with E-state index in [1.807, 2.05) is 3.33 Å². The molecule has 0 unspecified atom stereocenters. The van der Waals surface area contributed by atoms with E-state index < -0.39 is 37.6 Å². The number of allylic oxidation sites excluding steroid dienone is 4. The van der Waals surface area contributed by atoms with Crippen LogP contribution in [0.5, 0.6) is 0 Å². The third-order valence-electron chi connectivity index (χ3n) is 3.87. The molecule has 0 aromatic heterocycles. The Kier molecular flexibility index (Phi) is 8.61. The van der Waals surface area contributed by atoms with Gasteiger partial charge in [-0.05, 0) is 12.8 Å². The van der Waals surface area contributed by atoms with Gasteiger partial charge in [-0.25, -0.2) is 0 Å². The second-order valence-electron chi connectivity index (χ2n) is 8.92. The fourth-order valence-corrected chi connectivity index (χ4v) is 26.8. The zero-order valence-electron chi connectivity index (χ0n) is 15.2. The summed E-state index contributed by atoms with van der Waals surface area (Å²) in [5.41, 5.74) is 0. The van der Waals surface area contributed by atoms with Crippen LogP contribution in [0.2, 0.25) is 46.9 Å². The van der Waals surface area contributed by atoms with Crippen LogP contribution >= 0.6 is 0 Å². The molecule has 120 valence electrons. The van der Waals surface area contributed by atoms with Gasteiger partial charge >= 0.3 is 112 Å². The molecule has 1 aliphatic heterocycles. The SMILES string of the molecule is C1CCOC1.C[Si](C)(C)[CH2][Sc]([CH2][Si](C)(C)C)[C]1=CC=CC1. The zero-order chi connectivity index (χ0) is 15.9. The molecule has 1 nitrogen and oxygen atoms in total. The quantitative estimate of drug-likeness (QED) is 0.563.